The standard InChI is InChI=1S/C30H50O4/c1-19(2)21-10-11-24-23(28(21,6)16-15-26(32)33)14-18-29(7)22(13-17-30(24,29)8)20(3)9-12-25(31)27(4,5)34/h11,20-23,25,31,34H,1,9-10,12-18H2,2-8H3,(H,32,33). The fraction of sp³-hybridized carbons (Fsp3) is 0.833. The van der Waals surface area contributed by atoms with Gasteiger partial charge in [0.15, 0.2) is 0 Å². The summed E-state index contributed by atoms with van der Waals surface area (Å²) in [6.07, 6.45) is 9.97. The molecule has 194 valence electrons. The fourth-order valence-corrected chi connectivity index (χ4v) is 8.56. The van der Waals surface area contributed by atoms with Crippen LogP contribution in [0.4, 0.5) is 0 Å². The lowest BCUT2D eigenvalue weighted by Gasteiger charge is -2.60. The number of allylic oxidation sites excluding steroid dienone is 3. The van der Waals surface area contributed by atoms with Crippen LogP contribution < -0.4 is 0 Å². The number of carboxylic acids is 1. The average molecular weight is 475 g/mol. The van der Waals surface area contributed by atoms with E-state index in [0.29, 0.717) is 36.5 Å². The maximum Gasteiger partial charge on any atom is 0.303 e. The molecule has 0 spiro atoms. The smallest absolute Gasteiger partial charge is 0.303 e. The first-order chi connectivity index (χ1) is 15.6. The molecule has 3 rings (SSSR count). The van der Waals surface area contributed by atoms with E-state index in [-0.39, 0.29) is 22.7 Å². The van der Waals surface area contributed by atoms with Gasteiger partial charge in [-0.2, -0.15) is 0 Å². The Labute approximate surface area is 207 Å². The largest absolute Gasteiger partial charge is 0.481 e. The molecule has 34 heavy (non-hydrogen) atoms. The van der Waals surface area contributed by atoms with Crippen molar-refractivity contribution in [3.8, 4) is 0 Å². The molecular weight excluding hydrogens is 424 g/mol. The third kappa shape index (κ3) is 4.54. The maximum atomic E-state index is 11.5. The normalized spacial score (nSPS) is 39.6. The number of fused-ring (bicyclic) bond motifs is 3. The lowest BCUT2D eigenvalue weighted by Crippen LogP contribution is -2.52. The van der Waals surface area contributed by atoms with Crippen molar-refractivity contribution in [2.75, 3.05) is 0 Å². The Kier molecular flexibility index (Phi) is 7.58. The quantitative estimate of drug-likeness (QED) is 0.323. The first kappa shape index (κ1) is 27.5. The van der Waals surface area contributed by atoms with Crippen molar-refractivity contribution < 1.29 is 20.1 Å². The summed E-state index contributed by atoms with van der Waals surface area (Å²) in [4.78, 5) is 11.5. The number of aliphatic hydroxyl groups is 2. The average Bonchev–Trinajstić information content (AvgIpc) is 3.01. The van der Waals surface area contributed by atoms with E-state index in [4.69, 9.17) is 0 Å². The molecule has 0 aromatic heterocycles. The van der Waals surface area contributed by atoms with Crippen molar-refractivity contribution in [2.24, 2.45) is 39.9 Å². The van der Waals surface area contributed by atoms with Gasteiger partial charge in [-0.3, -0.25) is 4.79 Å². The van der Waals surface area contributed by atoms with E-state index >= 15 is 0 Å². The SMILES string of the molecule is C=C(C)C1CC=C2C(CCC3(C)C(C(C)CCC(O)C(C)(C)O)CCC23C)C1(C)CCC(=O)O. The van der Waals surface area contributed by atoms with Gasteiger partial charge in [-0.05, 0) is 112 Å². The van der Waals surface area contributed by atoms with E-state index in [1.54, 1.807) is 19.4 Å². The minimum Gasteiger partial charge on any atom is -0.481 e. The summed E-state index contributed by atoms with van der Waals surface area (Å²) in [7, 11) is 0. The molecule has 4 nitrogen and oxygen atoms in total. The van der Waals surface area contributed by atoms with E-state index in [1.165, 1.54) is 24.8 Å². The molecule has 0 aromatic carbocycles. The van der Waals surface area contributed by atoms with Gasteiger partial charge >= 0.3 is 5.97 Å². The Balaban J connectivity index is 1.87. The summed E-state index contributed by atoms with van der Waals surface area (Å²) in [5.74, 6) is 1.15. The first-order valence-corrected chi connectivity index (χ1v) is 13.6. The summed E-state index contributed by atoms with van der Waals surface area (Å²) in [5.41, 5.74) is 2.01. The van der Waals surface area contributed by atoms with E-state index in [1.807, 2.05) is 0 Å². The topological polar surface area (TPSA) is 77.8 Å². The van der Waals surface area contributed by atoms with Crippen molar-refractivity contribution in [1.29, 1.82) is 0 Å². The molecule has 4 heteroatoms. The number of carbonyl (C=O) groups is 1. The molecule has 3 aliphatic carbocycles. The summed E-state index contributed by atoms with van der Waals surface area (Å²) in [5, 5.41) is 30.0. The van der Waals surface area contributed by atoms with Crippen molar-refractivity contribution in [1.82, 2.24) is 0 Å². The summed E-state index contributed by atoms with van der Waals surface area (Å²) < 4.78 is 0. The van der Waals surface area contributed by atoms with Crippen LogP contribution in [0.1, 0.15) is 106 Å². The second-order valence-electron chi connectivity index (χ2n) is 13.4. The molecule has 8 unspecified atom stereocenters. The molecule has 0 saturated heterocycles. The van der Waals surface area contributed by atoms with Crippen molar-refractivity contribution in [3.05, 3.63) is 23.8 Å². The van der Waals surface area contributed by atoms with Crippen LogP contribution >= 0.6 is 0 Å². The van der Waals surface area contributed by atoms with Crippen molar-refractivity contribution in [2.45, 2.75) is 118 Å². The molecule has 3 aliphatic rings. The summed E-state index contributed by atoms with van der Waals surface area (Å²) in [6, 6.07) is 0. The van der Waals surface area contributed by atoms with E-state index in [2.05, 4.69) is 47.3 Å². The predicted molar refractivity (Wildman–Crippen MR) is 138 cm³/mol. The number of aliphatic hydroxyl groups excluding tert-OH is 1. The number of rotatable bonds is 9. The van der Waals surface area contributed by atoms with Gasteiger partial charge in [-0.15, -0.1) is 0 Å². The van der Waals surface area contributed by atoms with E-state index in [0.717, 1.165) is 19.3 Å². The molecular formula is C30H50O4. The first-order valence-electron chi connectivity index (χ1n) is 13.6. The minimum atomic E-state index is -1.06. The van der Waals surface area contributed by atoms with Crippen LogP contribution in [0, 0.1) is 39.9 Å². The van der Waals surface area contributed by atoms with Crippen LogP contribution in [0.5, 0.6) is 0 Å². The molecule has 3 N–H and O–H groups in total. The van der Waals surface area contributed by atoms with Gasteiger partial charge in [-0.25, -0.2) is 0 Å². The Morgan fingerprint density at radius 1 is 1.21 bits per heavy atom. The number of aliphatic carboxylic acids is 1. The highest BCUT2D eigenvalue weighted by Gasteiger charge is 2.63. The molecule has 0 heterocycles. The Hall–Kier alpha value is -1.13. The van der Waals surface area contributed by atoms with Gasteiger partial charge in [0.05, 0.1) is 11.7 Å². The lowest BCUT2D eigenvalue weighted by atomic mass is 9.44. The molecule has 2 fully saturated rings. The van der Waals surface area contributed by atoms with Gasteiger partial charge in [0.1, 0.15) is 0 Å². The zero-order chi connectivity index (χ0) is 25.7. The van der Waals surface area contributed by atoms with Crippen LogP contribution in [0.25, 0.3) is 0 Å². The maximum absolute atomic E-state index is 11.5. The van der Waals surface area contributed by atoms with E-state index < -0.39 is 17.7 Å². The van der Waals surface area contributed by atoms with Gasteiger partial charge in [0, 0.05) is 6.42 Å². The van der Waals surface area contributed by atoms with Gasteiger partial charge in [0.2, 0.25) is 0 Å². The summed E-state index contributed by atoms with van der Waals surface area (Å²) >= 11 is 0. The van der Waals surface area contributed by atoms with Crippen LogP contribution in [-0.2, 0) is 4.79 Å². The molecule has 0 bridgehead atoms. The highest BCUT2D eigenvalue weighted by molar-refractivity contribution is 5.66. The Bertz CT molecular complexity index is 822. The zero-order valence-electron chi connectivity index (χ0n) is 22.8. The third-order valence-corrected chi connectivity index (χ3v) is 11.0. The van der Waals surface area contributed by atoms with Crippen LogP contribution in [0.15, 0.2) is 23.8 Å². The van der Waals surface area contributed by atoms with Crippen molar-refractivity contribution >= 4 is 5.97 Å². The molecule has 0 aliphatic heterocycles. The van der Waals surface area contributed by atoms with Gasteiger partial charge in [-0.1, -0.05) is 51.5 Å². The van der Waals surface area contributed by atoms with Crippen LogP contribution in [0.3, 0.4) is 0 Å². The lowest BCUT2D eigenvalue weighted by molar-refractivity contribution is -0.138. The molecule has 0 amide bonds. The highest BCUT2D eigenvalue weighted by atomic mass is 16.4. The number of hydrogen-bond acceptors (Lipinski definition) is 3. The van der Waals surface area contributed by atoms with Gasteiger partial charge < -0.3 is 15.3 Å². The van der Waals surface area contributed by atoms with Crippen molar-refractivity contribution in [3.63, 3.8) is 0 Å². The van der Waals surface area contributed by atoms with E-state index in [9.17, 15) is 20.1 Å². The molecule has 2 saturated carbocycles. The molecule has 8 atom stereocenters. The number of hydrogen-bond donors (Lipinski definition) is 3. The fourth-order valence-electron chi connectivity index (χ4n) is 8.56. The summed E-state index contributed by atoms with van der Waals surface area (Å²) in [6.45, 7) is 19.5. The Morgan fingerprint density at radius 2 is 1.85 bits per heavy atom. The third-order valence-electron chi connectivity index (χ3n) is 11.0. The second-order valence-corrected chi connectivity index (χ2v) is 13.4. The Morgan fingerprint density at radius 3 is 2.41 bits per heavy atom. The van der Waals surface area contributed by atoms with Crippen LogP contribution in [-0.4, -0.2) is 33.0 Å². The highest BCUT2D eigenvalue weighted by Crippen LogP contribution is 2.72. The predicted octanol–water partition coefficient (Wildman–Crippen LogP) is 6.76. The zero-order valence-corrected chi connectivity index (χ0v) is 22.8. The molecule has 0 radical (unpaired) electrons. The van der Waals surface area contributed by atoms with Crippen LogP contribution in [0.2, 0.25) is 0 Å². The van der Waals surface area contributed by atoms with Gasteiger partial charge in [0.25, 0.3) is 0 Å². The second kappa shape index (κ2) is 9.39. The number of carboxylic acid groups (broad SMARTS) is 1. The minimum absolute atomic E-state index is 0.0564. The molecule has 0 aromatic rings. The monoisotopic (exact) mass is 474 g/mol.